The summed E-state index contributed by atoms with van der Waals surface area (Å²) in [6, 6.07) is -0.302. The number of hydrogen-bond donors (Lipinski definition) is 1. The van der Waals surface area contributed by atoms with E-state index in [1.807, 2.05) is 0 Å². The summed E-state index contributed by atoms with van der Waals surface area (Å²) in [7, 11) is 2.16. The van der Waals surface area contributed by atoms with E-state index in [0.29, 0.717) is 24.6 Å². The molecule has 2 aliphatic rings. The molecule has 144 valence electrons. The number of piperazine rings is 1. The van der Waals surface area contributed by atoms with Gasteiger partial charge >= 0.3 is 0 Å². The van der Waals surface area contributed by atoms with Crippen molar-refractivity contribution in [1.82, 2.24) is 20.0 Å². The smallest absolute Gasteiger partial charge is 0.243 e. The van der Waals surface area contributed by atoms with Gasteiger partial charge in [-0.05, 0) is 25.4 Å². The van der Waals surface area contributed by atoms with Crippen LogP contribution in [0.2, 0.25) is 0 Å². The summed E-state index contributed by atoms with van der Waals surface area (Å²) in [5.74, 6) is 1.44. The van der Waals surface area contributed by atoms with E-state index in [1.54, 1.807) is 16.7 Å². The van der Waals surface area contributed by atoms with Crippen molar-refractivity contribution in [3.05, 3.63) is 0 Å². The van der Waals surface area contributed by atoms with Crippen molar-refractivity contribution in [3.8, 4) is 0 Å². The van der Waals surface area contributed by atoms with Gasteiger partial charge in [0.05, 0.1) is 5.88 Å². The predicted molar refractivity (Wildman–Crippen MR) is 104 cm³/mol. The molecule has 2 amide bonds. The SMILES string of the molecule is CN1CCN(CCCNC(=O)C2CSCN2C(=O)CC(C)(C)C)CC1. The van der Waals surface area contributed by atoms with Crippen molar-refractivity contribution in [2.45, 2.75) is 39.7 Å². The standard InChI is InChI=1S/C18H34N4O2S/c1-18(2,3)12-16(23)22-14-25-13-15(22)17(24)19-6-5-7-21-10-8-20(4)9-11-21/h15H,5-14H2,1-4H3,(H,19,24). The Labute approximate surface area is 156 Å². The van der Waals surface area contributed by atoms with Crippen LogP contribution in [0.25, 0.3) is 0 Å². The van der Waals surface area contributed by atoms with E-state index in [4.69, 9.17) is 0 Å². The zero-order chi connectivity index (χ0) is 18.4. The summed E-state index contributed by atoms with van der Waals surface area (Å²) >= 11 is 1.67. The van der Waals surface area contributed by atoms with Crippen LogP contribution < -0.4 is 5.32 Å². The van der Waals surface area contributed by atoms with Crippen molar-refractivity contribution in [3.63, 3.8) is 0 Å². The number of hydrogen-bond acceptors (Lipinski definition) is 5. The monoisotopic (exact) mass is 370 g/mol. The lowest BCUT2D eigenvalue weighted by molar-refractivity contribution is -0.139. The number of carbonyl (C=O) groups excluding carboxylic acids is 2. The topological polar surface area (TPSA) is 55.9 Å². The van der Waals surface area contributed by atoms with Crippen molar-refractivity contribution < 1.29 is 9.59 Å². The van der Waals surface area contributed by atoms with Crippen molar-refractivity contribution in [2.24, 2.45) is 5.41 Å². The minimum atomic E-state index is -0.302. The minimum absolute atomic E-state index is 0.00522. The largest absolute Gasteiger partial charge is 0.354 e. The molecule has 0 aromatic heterocycles. The van der Waals surface area contributed by atoms with Gasteiger partial charge in [0.25, 0.3) is 0 Å². The molecular weight excluding hydrogens is 336 g/mol. The van der Waals surface area contributed by atoms with E-state index >= 15 is 0 Å². The van der Waals surface area contributed by atoms with Crippen molar-refractivity contribution in [2.75, 3.05) is 57.9 Å². The molecule has 7 heteroatoms. The maximum absolute atomic E-state index is 12.5. The number of nitrogens with zero attached hydrogens (tertiary/aromatic N) is 3. The lowest BCUT2D eigenvalue weighted by atomic mass is 9.91. The quantitative estimate of drug-likeness (QED) is 0.709. The molecule has 0 bridgehead atoms. The van der Waals surface area contributed by atoms with Gasteiger partial charge in [-0.3, -0.25) is 9.59 Å². The Hall–Kier alpha value is -0.790. The zero-order valence-electron chi connectivity index (χ0n) is 16.2. The zero-order valence-corrected chi connectivity index (χ0v) is 17.0. The van der Waals surface area contributed by atoms with E-state index in [1.165, 1.54) is 0 Å². The second-order valence-corrected chi connectivity index (χ2v) is 9.41. The molecule has 1 unspecified atom stereocenters. The molecule has 0 aliphatic carbocycles. The summed E-state index contributed by atoms with van der Waals surface area (Å²) in [6.45, 7) is 12.4. The Morgan fingerprint density at radius 2 is 1.84 bits per heavy atom. The van der Waals surface area contributed by atoms with Gasteiger partial charge in [-0.25, -0.2) is 0 Å². The molecule has 2 heterocycles. The third kappa shape index (κ3) is 6.79. The van der Waals surface area contributed by atoms with Gasteiger partial charge < -0.3 is 20.0 Å². The average Bonchev–Trinajstić information content (AvgIpc) is 3.01. The Morgan fingerprint density at radius 1 is 1.16 bits per heavy atom. The van der Waals surface area contributed by atoms with Crippen LogP contribution in [-0.2, 0) is 9.59 Å². The highest BCUT2D eigenvalue weighted by Gasteiger charge is 2.35. The van der Waals surface area contributed by atoms with Gasteiger partial charge in [0, 0.05) is 44.9 Å². The maximum atomic E-state index is 12.5. The van der Waals surface area contributed by atoms with E-state index in [0.717, 1.165) is 39.1 Å². The van der Waals surface area contributed by atoms with E-state index in [9.17, 15) is 9.59 Å². The number of thioether (sulfide) groups is 1. The molecule has 0 saturated carbocycles. The predicted octanol–water partition coefficient (Wildman–Crippen LogP) is 1.08. The van der Waals surface area contributed by atoms with E-state index in [2.05, 4.69) is 42.9 Å². The molecule has 2 saturated heterocycles. The molecule has 0 radical (unpaired) electrons. The van der Waals surface area contributed by atoms with Crippen LogP contribution in [0.3, 0.4) is 0 Å². The molecule has 2 aliphatic heterocycles. The van der Waals surface area contributed by atoms with Crippen LogP contribution in [0, 0.1) is 5.41 Å². The van der Waals surface area contributed by atoms with Crippen LogP contribution in [0.5, 0.6) is 0 Å². The first-order valence-corrected chi connectivity index (χ1v) is 10.5. The molecule has 1 atom stereocenters. The Balaban J connectivity index is 1.69. The number of amides is 2. The summed E-state index contributed by atoms with van der Waals surface area (Å²) in [4.78, 5) is 31.5. The molecule has 0 aromatic carbocycles. The third-order valence-corrected chi connectivity index (χ3v) is 5.75. The van der Waals surface area contributed by atoms with Crippen LogP contribution in [0.15, 0.2) is 0 Å². The van der Waals surface area contributed by atoms with Gasteiger partial charge in [0.15, 0.2) is 0 Å². The molecular formula is C18H34N4O2S. The number of carbonyl (C=O) groups is 2. The Bertz CT molecular complexity index is 458. The first-order chi connectivity index (χ1) is 11.8. The summed E-state index contributed by atoms with van der Waals surface area (Å²) in [6.07, 6.45) is 1.45. The highest BCUT2D eigenvalue weighted by molar-refractivity contribution is 7.99. The highest BCUT2D eigenvalue weighted by Crippen LogP contribution is 2.26. The van der Waals surface area contributed by atoms with Crippen LogP contribution in [-0.4, -0.2) is 90.5 Å². The molecule has 0 spiro atoms. The van der Waals surface area contributed by atoms with Crippen molar-refractivity contribution >= 4 is 23.6 Å². The second-order valence-electron chi connectivity index (χ2n) is 8.41. The molecule has 25 heavy (non-hydrogen) atoms. The average molecular weight is 371 g/mol. The van der Waals surface area contributed by atoms with Crippen LogP contribution in [0.1, 0.15) is 33.6 Å². The van der Waals surface area contributed by atoms with Gasteiger partial charge in [-0.2, -0.15) is 0 Å². The molecule has 2 rings (SSSR count). The summed E-state index contributed by atoms with van der Waals surface area (Å²) in [5.41, 5.74) is -0.0477. The lowest BCUT2D eigenvalue weighted by Crippen LogP contribution is -2.48. The third-order valence-electron chi connectivity index (χ3n) is 4.73. The minimum Gasteiger partial charge on any atom is -0.354 e. The molecule has 6 nitrogen and oxygen atoms in total. The van der Waals surface area contributed by atoms with E-state index < -0.39 is 0 Å². The van der Waals surface area contributed by atoms with Gasteiger partial charge in [0.1, 0.15) is 6.04 Å². The number of nitrogens with one attached hydrogen (secondary N) is 1. The van der Waals surface area contributed by atoms with Crippen LogP contribution in [0.4, 0.5) is 0 Å². The van der Waals surface area contributed by atoms with Gasteiger partial charge in [-0.1, -0.05) is 20.8 Å². The fourth-order valence-electron chi connectivity index (χ4n) is 3.16. The normalized spacial score (nSPS) is 23.0. The Kier molecular flexibility index (Phi) is 7.58. The second kappa shape index (κ2) is 9.24. The lowest BCUT2D eigenvalue weighted by Gasteiger charge is -2.32. The highest BCUT2D eigenvalue weighted by atomic mass is 32.2. The fraction of sp³-hybridized carbons (Fsp3) is 0.889. The van der Waals surface area contributed by atoms with Gasteiger partial charge in [0.2, 0.25) is 11.8 Å². The molecule has 0 aromatic rings. The summed E-state index contributed by atoms with van der Waals surface area (Å²) < 4.78 is 0. The first kappa shape index (κ1) is 20.5. The van der Waals surface area contributed by atoms with Crippen LogP contribution >= 0.6 is 11.8 Å². The number of likely N-dealkylation sites (N-methyl/N-ethyl adjacent to an activating group) is 1. The maximum Gasteiger partial charge on any atom is 0.243 e. The summed E-state index contributed by atoms with van der Waals surface area (Å²) in [5, 5.41) is 3.04. The fourth-order valence-corrected chi connectivity index (χ4v) is 4.35. The van der Waals surface area contributed by atoms with Gasteiger partial charge in [-0.15, -0.1) is 11.8 Å². The molecule has 1 N–H and O–H groups in total. The Morgan fingerprint density at radius 3 is 2.48 bits per heavy atom. The molecule has 2 fully saturated rings. The van der Waals surface area contributed by atoms with Crippen molar-refractivity contribution in [1.29, 1.82) is 0 Å². The van der Waals surface area contributed by atoms with E-state index in [-0.39, 0.29) is 23.3 Å². The number of rotatable bonds is 6. The first-order valence-electron chi connectivity index (χ1n) is 9.32.